The van der Waals surface area contributed by atoms with Gasteiger partial charge in [-0.2, -0.15) is 5.10 Å². The topological polar surface area (TPSA) is 43.8 Å². The third-order valence-electron chi connectivity index (χ3n) is 2.50. The average Bonchev–Trinajstić information content (AvgIpc) is 2.61. The smallest absolute Gasteiger partial charge is 0.146 e. The predicted octanol–water partition coefficient (Wildman–Crippen LogP) is 3.03. The number of rotatable bonds is 1. The van der Waals surface area contributed by atoms with Gasteiger partial charge in [0, 0.05) is 11.6 Å². The fourth-order valence-corrected chi connectivity index (χ4v) is 1.74. The Hall–Kier alpha value is -1.84. The normalized spacial score (nSPS) is 11.8. The lowest BCUT2D eigenvalue weighted by molar-refractivity contribution is 0.361. The molecule has 2 N–H and O–H groups in total. The fourth-order valence-electron chi connectivity index (χ4n) is 1.74. The lowest BCUT2D eigenvalue weighted by Crippen LogP contribution is -2.24. The average molecular weight is 233 g/mol. The monoisotopic (exact) mass is 233 g/mol. The van der Waals surface area contributed by atoms with Crippen molar-refractivity contribution < 1.29 is 4.39 Å². The minimum Gasteiger partial charge on any atom is -0.382 e. The first kappa shape index (κ1) is 11.6. The maximum Gasteiger partial charge on any atom is 0.146 e. The lowest BCUT2D eigenvalue weighted by atomic mass is 10.1. The summed E-state index contributed by atoms with van der Waals surface area (Å²) in [5.74, 6) is 0.225. The van der Waals surface area contributed by atoms with Gasteiger partial charge in [-0.05, 0) is 45.0 Å². The minimum absolute atomic E-state index is 0.165. The molecule has 0 aliphatic carbocycles. The first-order valence-electron chi connectivity index (χ1n) is 5.50. The van der Waals surface area contributed by atoms with Crippen LogP contribution >= 0.6 is 0 Å². The summed E-state index contributed by atoms with van der Waals surface area (Å²) in [7, 11) is 0. The molecule has 90 valence electrons. The van der Waals surface area contributed by atoms with E-state index in [4.69, 9.17) is 5.73 Å². The molecule has 0 fully saturated rings. The number of benzene rings is 1. The molecule has 0 radical (unpaired) electrons. The van der Waals surface area contributed by atoms with Crippen molar-refractivity contribution in [1.29, 1.82) is 0 Å². The molecule has 1 aromatic carbocycles. The van der Waals surface area contributed by atoms with E-state index in [1.54, 1.807) is 18.2 Å². The van der Waals surface area contributed by atoms with E-state index in [2.05, 4.69) is 5.10 Å². The van der Waals surface area contributed by atoms with Gasteiger partial charge in [-0.3, -0.25) is 4.68 Å². The first-order valence-corrected chi connectivity index (χ1v) is 5.50. The summed E-state index contributed by atoms with van der Waals surface area (Å²) < 4.78 is 14.8. The number of hydrogen-bond acceptors (Lipinski definition) is 2. The molecule has 1 aromatic heterocycles. The van der Waals surface area contributed by atoms with E-state index in [0.29, 0.717) is 5.82 Å². The van der Waals surface area contributed by atoms with Gasteiger partial charge < -0.3 is 5.73 Å². The van der Waals surface area contributed by atoms with Crippen LogP contribution in [0.2, 0.25) is 0 Å². The van der Waals surface area contributed by atoms with Gasteiger partial charge in [0.25, 0.3) is 0 Å². The Morgan fingerprint density at radius 3 is 2.29 bits per heavy atom. The molecule has 0 aliphatic rings. The van der Waals surface area contributed by atoms with Crippen molar-refractivity contribution in [2.45, 2.75) is 26.3 Å². The van der Waals surface area contributed by atoms with Crippen LogP contribution in [0.25, 0.3) is 11.3 Å². The standard InChI is InChI=1S/C13H16FN3/c1-13(2,3)17-11(8-12(15)16-17)9-4-6-10(14)7-5-9/h4-8H,1-3H3,(H2,15,16). The molecule has 1 heterocycles. The largest absolute Gasteiger partial charge is 0.382 e. The molecule has 0 saturated heterocycles. The van der Waals surface area contributed by atoms with E-state index in [1.165, 1.54) is 12.1 Å². The molecule has 0 amide bonds. The number of anilines is 1. The van der Waals surface area contributed by atoms with E-state index in [1.807, 2.05) is 25.5 Å². The SMILES string of the molecule is CC(C)(C)n1nc(N)cc1-c1ccc(F)cc1. The van der Waals surface area contributed by atoms with E-state index in [9.17, 15) is 4.39 Å². The lowest BCUT2D eigenvalue weighted by Gasteiger charge is -2.22. The molecular formula is C13H16FN3. The van der Waals surface area contributed by atoms with Crippen LogP contribution in [0.1, 0.15) is 20.8 Å². The highest BCUT2D eigenvalue weighted by Gasteiger charge is 2.19. The summed E-state index contributed by atoms with van der Waals surface area (Å²) in [6.07, 6.45) is 0. The van der Waals surface area contributed by atoms with Gasteiger partial charge in [0.15, 0.2) is 0 Å². The summed E-state index contributed by atoms with van der Waals surface area (Å²) in [6.45, 7) is 6.14. The second-order valence-corrected chi connectivity index (χ2v) is 5.04. The zero-order chi connectivity index (χ0) is 12.6. The van der Waals surface area contributed by atoms with Gasteiger partial charge in [-0.15, -0.1) is 0 Å². The van der Waals surface area contributed by atoms with Crippen molar-refractivity contribution in [2.24, 2.45) is 0 Å². The second kappa shape index (κ2) is 3.87. The van der Waals surface area contributed by atoms with Crippen LogP contribution in [-0.2, 0) is 5.54 Å². The minimum atomic E-state index is -0.247. The summed E-state index contributed by atoms with van der Waals surface area (Å²) in [5.41, 5.74) is 7.38. The van der Waals surface area contributed by atoms with Crippen LogP contribution in [0.5, 0.6) is 0 Å². The molecule has 4 heteroatoms. The highest BCUT2D eigenvalue weighted by atomic mass is 19.1. The Labute approximate surface area is 100 Å². The molecule has 3 nitrogen and oxygen atoms in total. The van der Waals surface area contributed by atoms with Crippen molar-refractivity contribution >= 4 is 5.82 Å². The number of nitrogens with two attached hydrogens (primary N) is 1. The summed E-state index contributed by atoms with van der Waals surface area (Å²) in [4.78, 5) is 0. The van der Waals surface area contributed by atoms with E-state index in [0.717, 1.165) is 11.3 Å². The molecule has 17 heavy (non-hydrogen) atoms. The number of nitrogen functional groups attached to an aromatic ring is 1. The van der Waals surface area contributed by atoms with E-state index >= 15 is 0 Å². The third-order valence-corrected chi connectivity index (χ3v) is 2.50. The van der Waals surface area contributed by atoms with Crippen LogP contribution in [0.15, 0.2) is 30.3 Å². The summed E-state index contributed by atoms with van der Waals surface area (Å²) >= 11 is 0. The number of nitrogens with zero attached hydrogens (tertiary/aromatic N) is 2. The van der Waals surface area contributed by atoms with Crippen molar-refractivity contribution in [3.05, 3.63) is 36.1 Å². The van der Waals surface area contributed by atoms with Gasteiger partial charge in [-0.1, -0.05) is 0 Å². The highest BCUT2D eigenvalue weighted by Crippen LogP contribution is 2.27. The van der Waals surface area contributed by atoms with Crippen molar-refractivity contribution in [3.63, 3.8) is 0 Å². The molecule has 0 saturated carbocycles. The number of aromatic nitrogens is 2. The Bertz CT molecular complexity index is 521. The molecule has 0 aliphatic heterocycles. The second-order valence-electron chi connectivity index (χ2n) is 5.04. The molecular weight excluding hydrogens is 217 g/mol. The maximum atomic E-state index is 12.9. The van der Waals surface area contributed by atoms with Gasteiger partial charge >= 0.3 is 0 Å². The van der Waals surface area contributed by atoms with Gasteiger partial charge in [0.2, 0.25) is 0 Å². The van der Waals surface area contributed by atoms with Crippen molar-refractivity contribution in [2.75, 3.05) is 5.73 Å². The van der Waals surface area contributed by atoms with Crippen LogP contribution < -0.4 is 5.73 Å². The van der Waals surface area contributed by atoms with E-state index < -0.39 is 0 Å². The third kappa shape index (κ3) is 2.30. The van der Waals surface area contributed by atoms with Gasteiger partial charge in [-0.25, -0.2) is 4.39 Å². The zero-order valence-electron chi connectivity index (χ0n) is 10.2. The molecule has 0 bridgehead atoms. The Morgan fingerprint density at radius 1 is 1.18 bits per heavy atom. The number of hydrogen-bond donors (Lipinski definition) is 1. The molecule has 0 atom stereocenters. The molecule has 0 spiro atoms. The molecule has 0 unspecified atom stereocenters. The van der Waals surface area contributed by atoms with Crippen LogP contribution in [-0.4, -0.2) is 9.78 Å². The van der Waals surface area contributed by atoms with Crippen LogP contribution in [0.3, 0.4) is 0 Å². The summed E-state index contributed by atoms with van der Waals surface area (Å²) in [6, 6.07) is 8.14. The highest BCUT2D eigenvalue weighted by molar-refractivity contribution is 5.63. The first-order chi connectivity index (χ1) is 7.88. The molecule has 2 aromatic rings. The predicted molar refractivity (Wildman–Crippen MR) is 67.0 cm³/mol. The number of halogens is 1. The van der Waals surface area contributed by atoms with Crippen molar-refractivity contribution in [3.8, 4) is 11.3 Å². The van der Waals surface area contributed by atoms with Gasteiger partial charge in [0.05, 0.1) is 11.2 Å². The molecule has 2 rings (SSSR count). The Kier molecular flexibility index (Phi) is 2.65. The van der Waals surface area contributed by atoms with Gasteiger partial charge in [0.1, 0.15) is 11.6 Å². The van der Waals surface area contributed by atoms with Crippen molar-refractivity contribution in [1.82, 2.24) is 9.78 Å². The quantitative estimate of drug-likeness (QED) is 0.822. The summed E-state index contributed by atoms with van der Waals surface area (Å²) in [5, 5.41) is 4.28. The maximum absolute atomic E-state index is 12.9. The Balaban J connectivity index is 2.55. The van der Waals surface area contributed by atoms with Crippen LogP contribution in [0.4, 0.5) is 10.2 Å². The van der Waals surface area contributed by atoms with Crippen LogP contribution in [0, 0.1) is 5.82 Å². The Morgan fingerprint density at radius 2 is 1.76 bits per heavy atom. The fraction of sp³-hybridized carbons (Fsp3) is 0.308. The zero-order valence-corrected chi connectivity index (χ0v) is 10.2. The van der Waals surface area contributed by atoms with E-state index in [-0.39, 0.29) is 11.4 Å².